The largest absolute Gasteiger partial charge is 0.503 e. The molecule has 4 N–H and O–H groups in total. The Morgan fingerprint density at radius 2 is 1.95 bits per heavy atom. The zero-order valence-corrected chi connectivity index (χ0v) is 22.0. The molecule has 10 nitrogen and oxygen atoms in total. The van der Waals surface area contributed by atoms with Crippen molar-refractivity contribution in [3.8, 4) is 17.2 Å². The molecule has 12 heteroatoms. The number of carbonyl (C=O) groups is 2. The van der Waals surface area contributed by atoms with E-state index in [0.29, 0.717) is 39.9 Å². The van der Waals surface area contributed by atoms with Crippen molar-refractivity contribution in [3.63, 3.8) is 0 Å². The number of phenols is 1. The number of hydrazone groups is 1. The monoisotopic (exact) mass is 546 g/mol. The van der Waals surface area contributed by atoms with Crippen molar-refractivity contribution in [1.29, 1.82) is 0 Å². The van der Waals surface area contributed by atoms with Crippen molar-refractivity contribution in [1.82, 2.24) is 16.1 Å². The summed E-state index contributed by atoms with van der Waals surface area (Å²) < 4.78 is 16.3. The first-order chi connectivity index (χ1) is 17.7. The summed E-state index contributed by atoms with van der Waals surface area (Å²) in [6, 6.07) is 9.38. The third kappa shape index (κ3) is 7.11. The van der Waals surface area contributed by atoms with Crippen LogP contribution in [0.5, 0.6) is 17.2 Å². The van der Waals surface area contributed by atoms with Crippen molar-refractivity contribution < 1.29 is 28.9 Å². The third-order valence-electron chi connectivity index (χ3n) is 5.11. The number of hydrogen-bond acceptors (Lipinski definition) is 8. The van der Waals surface area contributed by atoms with Crippen molar-refractivity contribution in [2.75, 3.05) is 19.8 Å². The molecule has 1 aliphatic heterocycles. The molecular formula is C25H27ClN4O6S. The Morgan fingerprint density at radius 1 is 1.19 bits per heavy atom. The second-order valence-electron chi connectivity index (χ2n) is 7.69. The van der Waals surface area contributed by atoms with Gasteiger partial charge in [-0.2, -0.15) is 5.10 Å². The normalized spacial score (nSPS) is 15.1. The number of allylic oxidation sites excluding steroid dienone is 1. The number of esters is 1. The molecular weight excluding hydrogens is 520 g/mol. The first-order valence-corrected chi connectivity index (χ1v) is 12.2. The van der Waals surface area contributed by atoms with Gasteiger partial charge in [-0.3, -0.25) is 4.79 Å². The molecule has 1 atom stereocenters. The van der Waals surface area contributed by atoms with Gasteiger partial charge in [0.2, 0.25) is 0 Å². The summed E-state index contributed by atoms with van der Waals surface area (Å²) in [6.45, 7) is 5.45. The summed E-state index contributed by atoms with van der Waals surface area (Å²) in [5, 5.41) is 20.3. The Balaban J connectivity index is 1.70. The number of para-hydroxylation sites is 1. The first kappa shape index (κ1) is 27.8. The summed E-state index contributed by atoms with van der Waals surface area (Å²) in [6.07, 6.45) is 1.36. The highest BCUT2D eigenvalue weighted by molar-refractivity contribution is 7.80. The summed E-state index contributed by atoms with van der Waals surface area (Å²) in [7, 11) is 0. The van der Waals surface area contributed by atoms with E-state index in [4.69, 9.17) is 38.0 Å². The molecule has 3 rings (SSSR count). The van der Waals surface area contributed by atoms with E-state index in [2.05, 4.69) is 21.2 Å². The number of carbonyl (C=O) groups excluding carboxylic acids is 2. The highest BCUT2D eigenvalue weighted by Crippen LogP contribution is 2.35. The van der Waals surface area contributed by atoms with Crippen LogP contribution in [0.1, 0.15) is 37.9 Å². The van der Waals surface area contributed by atoms with Gasteiger partial charge in [0.25, 0.3) is 5.91 Å². The van der Waals surface area contributed by atoms with Gasteiger partial charge in [-0.1, -0.05) is 29.8 Å². The van der Waals surface area contributed by atoms with E-state index in [1.807, 2.05) is 0 Å². The smallest absolute Gasteiger partial charge is 0.338 e. The molecule has 2 aromatic rings. The van der Waals surface area contributed by atoms with Crippen LogP contribution in [0.4, 0.5) is 0 Å². The lowest BCUT2D eigenvalue weighted by Crippen LogP contribution is -2.45. The number of nitrogens with one attached hydrogen (secondary N) is 3. The fraction of sp³-hybridized carbons (Fsp3) is 0.280. The second kappa shape index (κ2) is 12.9. The summed E-state index contributed by atoms with van der Waals surface area (Å²) in [4.78, 5) is 25.0. The standard InChI is InChI=1S/C25H27ClN4O6S/c1-4-34-19-11-15(10-17(26)23(19)32)12-27-30-20(31)13-36-18-9-7-6-8-16(18)22-21(24(33)35-5-2)14(3)28-25(37)29-22/h6-12,22,32H,4-5,13H2,1-3H3,(H,30,31)(H2,28,29,37)/t22-/m0/s1. The Hall–Kier alpha value is -3.83. The minimum absolute atomic E-state index is 0.0937. The average molecular weight is 547 g/mol. The number of rotatable bonds is 10. The molecule has 37 heavy (non-hydrogen) atoms. The van der Waals surface area contributed by atoms with E-state index in [0.717, 1.165) is 0 Å². The fourth-order valence-corrected chi connectivity index (χ4v) is 4.04. The first-order valence-electron chi connectivity index (χ1n) is 11.4. The van der Waals surface area contributed by atoms with Gasteiger partial charge < -0.3 is 30.0 Å². The molecule has 0 radical (unpaired) electrons. The highest BCUT2D eigenvalue weighted by atomic mass is 35.5. The number of phenolic OH excluding ortho intramolecular Hbond substituents is 1. The van der Waals surface area contributed by atoms with Gasteiger partial charge in [0.1, 0.15) is 5.75 Å². The van der Waals surface area contributed by atoms with Gasteiger partial charge in [-0.15, -0.1) is 0 Å². The van der Waals surface area contributed by atoms with Crippen molar-refractivity contribution in [3.05, 3.63) is 63.8 Å². The van der Waals surface area contributed by atoms with Gasteiger partial charge in [0.05, 0.1) is 36.1 Å². The maximum atomic E-state index is 12.7. The molecule has 1 amide bonds. The number of thiocarbonyl (C=S) groups is 1. The van der Waals surface area contributed by atoms with Gasteiger partial charge in [-0.05, 0) is 56.8 Å². The van der Waals surface area contributed by atoms with E-state index in [-0.39, 0.29) is 29.7 Å². The zero-order chi connectivity index (χ0) is 26.9. The Bertz CT molecular complexity index is 1250. The van der Waals surface area contributed by atoms with Gasteiger partial charge >= 0.3 is 5.97 Å². The lowest BCUT2D eigenvalue weighted by molar-refractivity contribution is -0.139. The quantitative estimate of drug-likeness (QED) is 0.153. The van der Waals surface area contributed by atoms with Crippen LogP contribution in [0.2, 0.25) is 5.02 Å². The SMILES string of the molecule is CCOC(=O)C1=C(C)NC(=S)N[C@H]1c1ccccc1OCC(=O)NN=Cc1cc(Cl)c(O)c(OCC)c1. The van der Waals surface area contributed by atoms with E-state index >= 15 is 0 Å². The van der Waals surface area contributed by atoms with Crippen LogP contribution in [-0.4, -0.2) is 48.1 Å². The van der Waals surface area contributed by atoms with Gasteiger partial charge in [-0.25, -0.2) is 10.2 Å². The van der Waals surface area contributed by atoms with Crippen molar-refractivity contribution in [2.24, 2.45) is 5.10 Å². The molecule has 196 valence electrons. The summed E-state index contributed by atoms with van der Waals surface area (Å²) in [5.74, 6) is -0.592. The lowest BCUT2D eigenvalue weighted by atomic mass is 9.95. The molecule has 0 bridgehead atoms. The van der Waals surface area contributed by atoms with Gasteiger partial charge in [0.15, 0.2) is 23.2 Å². The topological polar surface area (TPSA) is 131 Å². The Kier molecular flexibility index (Phi) is 9.70. The van der Waals surface area contributed by atoms with Crippen LogP contribution in [-0.2, 0) is 14.3 Å². The molecule has 1 aliphatic rings. The number of aromatic hydroxyl groups is 1. The highest BCUT2D eigenvalue weighted by Gasteiger charge is 2.32. The number of benzene rings is 2. The number of hydrogen-bond donors (Lipinski definition) is 4. The number of nitrogens with zero attached hydrogens (tertiary/aromatic N) is 1. The van der Waals surface area contributed by atoms with Crippen LogP contribution >= 0.6 is 23.8 Å². The predicted octanol–water partition coefficient (Wildman–Crippen LogP) is 3.33. The van der Waals surface area contributed by atoms with Crippen LogP contribution < -0.4 is 25.5 Å². The lowest BCUT2D eigenvalue weighted by Gasteiger charge is -2.30. The molecule has 0 unspecified atom stereocenters. The molecule has 1 heterocycles. The van der Waals surface area contributed by atoms with E-state index in [1.165, 1.54) is 12.3 Å². The maximum Gasteiger partial charge on any atom is 0.338 e. The summed E-state index contributed by atoms with van der Waals surface area (Å²) >= 11 is 11.3. The number of ether oxygens (including phenoxy) is 3. The Labute approximate surface area is 224 Å². The van der Waals surface area contributed by atoms with Crippen LogP contribution in [0.25, 0.3) is 0 Å². The van der Waals surface area contributed by atoms with Crippen LogP contribution in [0.3, 0.4) is 0 Å². The molecule has 2 aromatic carbocycles. The molecule has 0 saturated carbocycles. The van der Waals surface area contributed by atoms with Crippen LogP contribution in [0, 0.1) is 0 Å². The number of halogens is 1. The molecule has 0 aliphatic carbocycles. The van der Waals surface area contributed by atoms with E-state index in [1.54, 1.807) is 51.1 Å². The van der Waals surface area contributed by atoms with Crippen molar-refractivity contribution >= 4 is 47.0 Å². The number of amides is 1. The maximum absolute atomic E-state index is 12.7. The van der Waals surface area contributed by atoms with E-state index in [9.17, 15) is 14.7 Å². The fourth-order valence-electron chi connectivity index (χ4n) is 3.55. The molecule has 0 aromatic heterocycles. The third-order valence-corrected chi connectivity index (χ3v) is 5.61. The minimum Gasteiger partial charge on any atom is -0.503 e. The van der Waals surface area contributed by atoms with Gasteiger partial charge in [0, 0.05) is 11.3 Å². The second-order valence-corrected chi connectivity index (χ2v) is 8.51. The average Bonchev–Trinajstić information content (AvgIpc) is 2.85. The summed E-state index contributed by atoms with van der Waals surface area (Å²) in [5.41, 5.74) is 4.42. The predicted molar refractivity (Wildman–Crippen MR) is 143 cm³/mol. The molecule has 0 fully saturated rings. The minimum atomic E-state index is -0.635. The zero-order valence-electron chi connectivity index (χ0n) is 20.5. The van der Waals surface area contributed by atoms with Crippen molar-refractivity contribution in [2.45, 2.75) is 26.8 Å². The van der Waals surface area contributed by atoms with Crippen LogP contribution in [0.15, 0.2) is 52.8 Å². The molecule has 0 saturated heterocycles. The van der Waals surface area contributed by atoms with E-state index < -0.39 is 17.9 Å². The molecule has 0 spiro atoms. The Morgan fingerprint density at radius 3 is 2.68 bits per heavy atom.